The number of benzene rings is 1. The fourth-order valence-electron chi connectivity index (χ4n) is 4.19. The van der Waals surface area contributed by atoms with Gasteiger partial charge in [-0.2, -0.15) is 0 Å². The van der Waals surface area contributed by atoms with E-state index in [4.69, 9.17) is 4.98 Å². The highest BCUT2D eigenvalue weighted by atomic mass is 127. The van der Waals surface area contributed by atoms with Crippen molar-refractivity contribution >= 4 is 41.8 Å². The Morgan fingerprint density at radius 2 is 1.72 bits per heavy atom. The summed E-state index contributed by atoms with van der Waals surface area (Å²) in [5, 5.41) is 3.52. The van der Waals surface area contributed by atoms with Gasteiger partial charge in [0.15, 0.2) is 5.96 Å². The number of nitrogens with one attached hydrogen (secondary N) is 1. The van der Waals surface area contributed by atoms with Crippen LogP contribution in [0, 0.1) is 0 Å². The lowest BCUT2D eigenvalue weighted by Gasteiger charge is -2.33. The largest absolute Gasteiger partial charge is 0.354 e. The molecule has 0 bridgehead atoms. The maximum Gasteiger partial charge on any atom is 0.193 e. The van der Waals surface area contributed by atoms with Crippen molar-refractivity contribution in [3.63, 3.8) is 0 Å². The van der Waals surface area contributed by atoms with E-state index in [1.165, 1.54) is 16.7 Å². The van der Waals surface area contributed by atoms with Crippen LogP contribution in [0.4, 0.5) is 5.82 Å². The molecule has 3 heterocycles. The topological polar surface area (TPSA) is 47.0 Å². The molecule has 4 rings (SSSR count). The van der Waals surface area contributed by atoms with E-state index in [0.29, 0.717) is 0 Å². The molecule has 172 valence electrons. The Morgan fingerprint density at radius 1 is 1.00 bits per heavy atom. The minimum Gasteiger partial charge on any atom is -0.354 e. The van der Waals surface area contributed by atoms with E-state index < -0.39 is 0 Å². The number of likely N-dealkylation sites (N-methyl/N-ethyl adjacent to an activating group) is 1. The summed E-state index contributed by atoms with van der Waals surface area (Å²) >= 11 is 0. The first kappa shape index (κ1) is 24.5. The van der Waals surface area contributed by atoms with Crippen LogP contribution in [-0.2, 0) is 6.54 Å². The molecule has 0 radical (unpaired) electrons. The van der Waals surface area contributed by atoms with Crippen LogP contribution in [0.25, 0.3) is 6.08 Å². The van der Waals surface area contributed by atoms with Crippen LogP contribution in [0.2, 0.25) is 0 Å². The van der Waals surface area contributed by atoms with E-state index >= 15 is 0 Å². The van der Waals surface area contributed by atoms with Crippen molar-refractivity contribution in [2.75, 3.05) is 58.3 Å². The average molecular weight is 547 g/mol. The average Bonchev–Trinajstić information content (AvgIpc) is 2.82. The Labute approximate surface area is 209 Å². The van der Waals surface area contributed by atoms with E-state index in [1.54, 1.807) is 0 Å². The fraction of sp³-hybridized carbons (Fsp3) is 0.440. The van der Waals surface area contributed by atoms with Gasteiger partial charge in [0, 0.05) is 59.1 Å². The van der Waals surface area contributed by atoms with Crippen LogP contribution < -0.4 is 10.2 Å². The van der Waals surface area contributed by atoms with Gasteiger partial charge in [0.25, 0.3) is 0 Å². The quantitative estimate of drug-likeness (QED) is 0.360. The molecule has 2 fully saturated rings. The number of rotatable bonds is 4. The highest BCUT2D eigenvalue weighted by molar-refractivity contribution is 14.0. The maximum absolute atomic E-state index is 4.70. The van der Waals surface area contributed by atoms with E-state index in [1.807, 2.05) is 13.2 Å². The lowest BCUT2D eigenvalue weighted by Crippen LogP contribution is -2.45. The second kappa shape index (κ2) is 12.2. The van der Waals surface area contributed by atoms with Crippen molar-refractivity contribution in [1.82, 2.24) is 20.1 Å². The van der Waals surface area contributed by atoms with Crippen LogP contribution in [-0.4, -0.2) is 74.1 Å². The summed E-state index contributed by atoms with van der Waals surface area (Å²) in [6, 6.07) is 14.9. The third-order valence-corrected chi connectivity index (χ3v) is 6.17. The first-order chi connectivity index (χ1) is 15.2. The Morgan fingerprint density at radius 3 is 2.34 bits per heavy atom. The molecule has 7 heteroatoms. The number of aliphatic imine (C=N–C) groups is 1. The smallest absolute Gasteiger partial charge is 0.193 e. The standard InChI is InChI=1S/C25H34N6.HI/c1-26-25(31-12-10-22(11-13-31)18-21-6-4-3-5-7-21)28-20-23-8-9-24(27-19-23)30-16-14-29(2)15-17-30;/h3-9,18-19H,10-17,20H2,1-2H3,(H,26,28);1H. The third-order valence-electron chi connectivity index (χ3n) is 6.17. The Balaban J connectivity index is 0.00000289. The van der Waals surface area contributed by atoms with Crippen LogP contribution in [0.3, 0.4) is 0 Å². The number of hydrogen-bond acceptors (Lipinski definition) is 4. The molecule has 32 heavy (non-hydrogen) atoms. The monoisotopic (exact) mass is 546 g/mol. The number of aromatic nitrogens is 1. The first-order valence-corrected chi connectivity index (χ1v) is 11.3. The van der Waals surface area contributed by atoms with Gasteiger partial charge in [0.1, 0.15) is 5.82 Å². The number of piperidine rings is 1. The van der Waals surface area contributed by atoms with Crippen molar-refractivity contribution in [1.29, 1.82) is 0 Å². The van der Waals surface area contributed by atoms with Crippen molar-refractivity contribution in [2.24, 2.45) is 4.99 Å². The van der Waals surface area contributed by atoms with Crippen LogP contribution in [0.1, 0.15) is 24.0 Å². The highest BCUT2D eigenvalue weighted by Crippen LogP contribution is 2.20. The van der Waals surface area contributed by atoms with Crippen LogP contribution in [0.15, 0.2) is 59.2 Å². The summed E-state index contributed by atoms with van der Waals surface area (Å²) in [5.74, 6) is 2.05. The van der Waals surface area contributed by atoms with Gasteiger partial charge >= 0.3 is 0 Å². The number of hydrogen-bond donors (Lipinski definition) is 1. The van der Waals surface area contributed by atoms with Gasteiger partial charge in [-0.05, 0) is 37.1 Å². The predicted octanol–water partition coefficient (Wildman–Crippen LogP) is 3.71. The van der Waals surface area contributed by atoms with E-state index in [0.717, 1.165) is 70.4 Å². The molecule has 2 aromatic rings. The van der Waals surface area contributed by atoms with Gasteiger partial charge in [-0.1, -0.05) is 48.0 Å². The molecule has 1 aromatic carbocycles. The van der Waals surface area contributed by atoms with Gasteiger partial charge in [-0.15, -0.1) is 24.0 Å². The Bertz CT molecular complexity index is 878. The second-order valence-corrected chi connectivity index (χ2v) is 8.42. The Hall–Kier alpha value is -2.13. The molecule has 0 spiro atoms. The summed E-state index contributed by atoms with van der Waals surface area (Å²) in [5.41, 5.74) is 3.99. The molecule has 0 aliphatic carbocycles. The molecule has 1 aromatic heterocycles. The second-order valence-electron chi connectivity index (χ2n) is 8.42. The Kier molecular flexibility index (Phi) is 9.35. The van der Waals surface area contributed by atoms with Gasteiger partial charge in [0.2, 0.25) is 0 Å². The summed E-state index contributed by atoms with van der Waals surface area (Å²) < 4.78 is 0. The molecule has 2 aliphatic rings. The molecular weight excluding hydrogens is 511 g/mol. The van der Waals surface area contributed by atoms with Gasteiger partial charge in [-0.3, -0.25) is 4.99 Å². The zero-order chi connectivity index (χ0) is 21.5. The highest BCUT2D eigenvalue weighted by Gasteiger charge is 2.18. The lowest BCUT2D eigenvalue weighted by atomic mass is 10.0. The number of nitrogens with zero attached hydrogens (tertiary/aromatic N) is 5. The summed E-state index contributed by atoms with van der Waals surface area (Å²) in [4.78, 5) is 16.3. The molecular formula is C25H35IN6. The van der Waals surface area contributed by atoms with E-state index in [-0.39, 0.29) is 24.0 Å². The number of halogens is 1. The summed E-state index contributed by atoms with van der Waals surface area (Å²) in [6.07, 6.45) is 6.49. The number of anilines is 1. The number of guanidine groups is 1. The normalized spacial score (nSPS) is 17.7. The van der Waals surface area contributed by atoms with Crippen molar-refractivity contribution in [3.8, 4) is 0 Å². The van der Waals surface area contributed by atoms with E-state index in [2.05, 4.69) is 80.6 Å². The van der Waals surface area contributed by atoms with Crippen molar-refractivity contribution in [2.45, 2.75) is 19.4 Å². The minimum atomic E-state index is 0. The zero-order valence-electron chi connectivity index (χ0n) is 19.2. The SMILES string of the molecule is CN=C(NCc1ccc(N2CCN(C)CC2)nc1)N1CCC(=Cc2ccccc2)CC1.I. The van der Waals surface area contributed by atoms with Crippen LogP contribution >= 0.6 is 24.0 Å². The van der Waals surface area contributed by atoms with Gasteiger partial charge < -0.3 is 20.0 Å². The van der Waals surface area contributed by atoms with Crippen molar-refractivity contribution in [3.05, 3.63) is 65.4 Å². The molecule has 1 N–H and O–H groups in total. The number of piperazine rings is 1. The molecule has 0 saturated carbocycles. The molecule has 6 nitrogen and oxygen atoms in total. The number of pyridine rings is 1. The molecule has 2 aliphatic heterocycles. The fourth-order valence-corrected chi connectivity index (χ4v) is 4.19. The molecule has 0 unspecified atom stereocenters. The van der Waals surface area contributed by atoms with Crippen molar-refractivity contribution < 1.29 is 0 Å². The van der Waals surface area contributed by atoms with E-state index in [9.17, 15) is 0 Å². The predicted molar refractivity (Wildman–Crippen MR) is 145 cm³/mol. The molecule has 0 atom stereocenters. The molecule has 0 amide bonds. The van der Waals surface area contributed by atoms with Gasteiger partial charge in [0.05, 0.1) is 0 Å². The number of likely N-dealkylation sites (tertiary alicyclic amines) is 1. The summed E-state index contributed by atoms with van der Waals surface area (Å²) in [7, 11) is 4.04. The summed E-state index contributed by atoms with van der Waals surface area (Å²) in [6.45, 7) is 7.02. The van der Waals surface area contributed by atoms with Gasteiger partial charge in [-0.25, -0.2) is 4.98 Å². The zero-order valence-corrected chi connectivity index (χ0v) is 21.5. The maximum atomic E-state index is 4.70. The molecule has 2 saturated heterocycles. The lowest BCUT2D eigenvalue weighted by molar-refractivity contribution is 0.312. The van der Waals surface area contributed by atoms with Crippen LogP contribution in [0.5, 0.6) is 0 Å². The third kappa shape index (κ3) is 6.68. The first-order valence-electron chi connectivity index (χ1n) is 11.3. The minimum absolute atomic E-state index is 0.